The highest BCUT2D eigenvalue weighted by atomic mass is 79.9. The minimum atomic E-state index is -0.381. The van der Waals surface area contributed by atoms with Gasteiger partial charge >= 0.3 is 0 Å². The molecule has 0 radical (unpaired) electrons. The summed E-state index contributed by atoms with van der Waals surface area (Å²) in [7, 11) is 3.07. The number of halogens is 3. The van der Waals surface area contributed by atoms with Gasteiger partial charge in [-0.1, -0.05) is 36.4 Å². The van der Waals surface area contributed by atoms with E-state index in [1.165, 1.54) is 37.5 Å². The molecule has 0 fully saturated rings. The van der Waals surface area contributed by atoms with Gasteiger partial charge in [0.25, 0.3) is 0 Å². The van der Waals surface area contributed by atoms with E-state index in [9.17, 15) is 13.6 Å². The number of hydrogen-bond donors (Lipinski definition) is 0. The predicted molar refractivity (Wildman–Crippen MR) is 138 cm³/mol. The van der Waals surface area contributed by atoms with E-state index in [2.05, 4.69) is 15.9 Å². The fraction of sp³-hybridized carbons (Fsp3) is 0.0690. The molecule has 6 heteroatoms. The Kier molecular flexibility index (Phi) is 7.42. The number of allylic oxidation sites excluding steroid dienone is 1. The summed E-state index contributed by atoms with van der Waals surface area (Å²) in [6.45, 7) is 0. The molecule has 0 aromatic heterocycles. The number of carbonyl (C=O) groups is 1. The summed E-state index contributed by atoms with van der Waals surface area (Å²) >= 11 is 3.45. The van der Waals surface area contributed by atoms with E-state index in [0.29, 0.717) is 28.2 Å². The normalized spacial score (nSPS) is 11.0. The van der Waals surface area contributed by atoms with Gasteiger partial charge in [0.2, 0.25) is 0 Å². The lowest BCUT2D eigenvalue weighted by Crippen LogP contribution is -2.03. The molecule has 0 heterocycles. The number of hydrogen-bond acceptors (Lipinski definition) is 3. The molecule has 0 saturated carbocycles. The lowest BCUT2D eigenvalue weighted by Gasteiger charge is -2.15. The van der Waals surface area contributed by atoms with Crippen molar-refractivity contribution < 1.29 is 23.0 Å². The summed E-state index contributed by atoms with van der Waals surface area (Å²) in [4.78, 5) is 13.4. The van der Waals surface area contributed by atoms with E-state index < -0.39 is 0 Å². The van der Waals surface area contributed by atoms with Crippen LogP contribution in [0.2, 0.25) is 0 Å². The Bertz CT molecular complexity index is 1400. The van der Waals surface area contributed by atoms with Gasteiger partial charge in [-0.3, -0.25) is 4.79 Å². The summed E-state index contributed by atoms with van der Waals surface area (Å²) in [5.41, 5.74) is 3.86. The molecule has 0 aliphatic carbocycles. The monoisotopic (exact) mass is 534 g/mol. The van der Waals surface area contributed by atoms with Gasteiger partial charge in [0.1, 0.15) is 23.1 Å². The fourth-order valence-corrected chi connectivity index (χ4v) is 4.30. The second kappa shape index (κ2) is 10.7. The average molecular weight is 535 g/mol. The first-order chi connectivity index (χ1) is 16.9. The molecule has 0 spiro atoms. The topological polar surface area (TPSA) is 35.5 Å². The smallest absolute Gasteiger partial charge is 0.190 e. The number of methoxy groups -OCH3 is 2. The molecule has 176 valence electrons. The van der Waals surface area contributed by atoms with Crippen molar-refractivity contribution in [3.05, 3.63) is 112 Å². The molecule has 0 unspecified atom stereocenters. The first kappa shape index (κ1) is 24.4. The highest BCUT2D eigenvalue weighted by Crippen LogP contribution is 2.37. The maximum absolute atomic E-state index is 13.6. The Labute approximate surface area is 210 Å². The molecule has 35 heavy (non-hydrogen) atoms. The van der Waals surface area contributed by atoms with Crippen LogP contribution in [0.25, 0.3) is 28.3 Å². The molecule has 0 aliphatic heterocycles. The van der Waals surface area contributed by atoms with Gasteiger partial charge in [0, 0.05) is 0 Å². The van der Waals surface area contributed by atoms with E-state index in [1.807, 2.05) is 18.2 Å². The van der Waals surface area contributed by atoms with Crippen molar-refractivity contribution in [3.8, 4) is 33.8 Å². The number of ketones is 1. The zero-order valence-corrected chi connectivity index (χ0v) is 20.6. The van der Waals surface area contributed by atoms with Crippen molar-refractivity contribution in [1.29, 1.82) is 0 Å². The van der Waals surface area contributed by atoms with Gasteiger partial charge in [-0.25, -0.2) is 8.78 Å². The molecular formula is C29H21BrF2O3. The zero-order chi connectivity index (χ0) is 24.9. The first-order valence-corrected chi connectivity index (χ1v) is 11.5. The maximum Gasteiger partial charge on any atom is 0.190 e. The highest BCUT2D eigenvalue weighted by molar-refractivity contribution is 9.10. The summed E-state index contributed by atoms with van der Waals surface area (Å²) in [6, 6.07) is 21.0. The van der Waals surface area contributed by atoms with Crippen LogP contribution in [0.15, 0.2) is 89.4 Å². The third-order valence-corrected chi connectivity index (χ3v) is 6.12. The van der Waals surface area contributed by atoms with Gasteiger partial charge in [0.05, 0.1) is 24.3 Å². The molecule has 4 aromatic carbocycles. The minimum absolute atomic E-state index is 0.279. The van der Waals surface area contributed by atoms with Crippen LogP contribution in [0.5, 0.6) is 11.5 Å². The van der Waals surface area contributed by atoms with Crippen LogP contribution in [0.3, 0.4) is 0 Å². The third kappa shape index (κ3) is 5.49. The van der Waals surface area contributed by atoms with Crippen LogP contribution in [0.1, 0.15) is 15.9 Å². The molecule has 3 nitrogen and oxygen atoms in total. The van der Waals surface area contributed by atoms with Crippen molar-refractivity contribution in [2.24, 2.45) is 0 Å². The maximum atomic E-state index is 13.6. The van der Waals surface area contributed by atoms with E-state index in [1.54, 1.807) is 49.6 Å². The molecule has 0 amide bonds. The number of carbonyl (C=O) groups excluding carboxylic acids is 1. The van der Waals surface area contributed by atoms with Crippen LogP contribution in [-0.4, -0.2) is 20.0 Å². The second-order valence-electron chi connectivity index (χ2n) is 7.71. The minimum Gasteiger partial charge on any atom is -0.496 e. The van der Waals surface area contributed by atoms with Crippen molar-refractivity contribution in [2.45, 2.75) is 0 Å². The fourth-order valence-electron chi connectivity index (χ4n) is 3.74. The molecule has 4 aromatic rings. The second-order valence-corrected chi connectivity index (χ2v) is 8.56. The van der Waals surface area contributed by atoms with Gasteiger partial charge in [-0.2, -0.15) is 0 Å². The van der Waals surface area contributed by atoms with Crippen molar-refractivity contribution in [1.82, 2.24) is 0 Å². The summed E-state index contributed by atoms with van der Waals surface area (Å²) in [5, 5.41) is 0. The van der Waals surface area contributed by atoms with Crippen LogP contribution in [0, 0.1) is 11.6 Å². The van der Waals surface area contributed by atoms with Crippen LogP contribution in [0.4, 0.5) is 8.78 Å². The molecule has 0 atom stereocenters. The Balaban J connectivity index is 1.82. The standard InChI is InChI=1S/C29H21BrF2O3/c1-34-27-14-4-18(15-25(27)30)3-13-26(33)29-24(20-7-11-23(32)12-8-20)16-21(17-28(29)35-2)19-5-9-22(31)10-6-19/h3-17H,1-2H3. The molecule has 0 bridgehead atoms. The van der Waals surface area contributed by atoms with E-state index >= 15 is 0 Å². The highest BCUT2D eigenvalue weighted by Gasteiger charge is 2.19. The average Bonchev–Trinajstić information content (AvgIpc) is 2.87. The number of ether oxygens (including phenoxy) is 2. The summed E-state index contributed by atoms with van der Waals surface area (Å²) in [5.74, 6) is 0.0374. The molecular weight excluding hydrogens is 514 g/mol. The largest absolute Gasteiger partial charge is 0.496 e. The van der Waals surface area contributed by atoms with Gasteiger partial charge in [0.15, 0.2) is 5.78 Å². The summed E-state index contributed by atoms with van der Waals surface area (Å²) < 4.78 is 38.7. The van der Waals surface area contributed by atoms with E-state index in [0.717, 1.165) is 21.2 Å². The van der Waals surface area contributed by atoms with Crippen LogP contribution in [-0.2, 0) is 0 Å². The first-order valence-electron chi connectivity index (χ1n) is 10.7. The Morgan fingerprint density at radius 1 is 0.743 bits per heavy atom. The van der Waals surface area contributed by atoms with Crippen molar-refractivity contribution >= 4 is 27.8 Å². The van der Waals surface area contributed by atoms with Crippen molar-refractivity contribution in [2.75, 3.05) is 14.2 Å². The van der Waals surface area contributed by atoms with Gasteiger partial charge in [-0.15, -0.1) is 0 Å². The SMILES string of the molecule is COc1ccc(C=CC(=O)c2c(OC)cc(-c3ccc(F)cc3)cc2-c2ccc(F)cc2)cc1Br. The van der Waals surface area contributed by atoms with Gasteiger partial charge < -0.3 is 9.47 Å². The predicted octanol–water partition coefficient (Wildman–Crippen LogP) is 7.97. The third-order valence-electron chi connectivity index (χ3n) is 5.50. The summed E-state index contributed by atoms with van der Waals surface area (Å²) in [6.07, 6.45) is 3.17. The Hall–Kier alpha value is -3.77. The van der Waals surface area contributed by atoms with Crippen molar-refractivity contribution in [3.63, 3.8) is 0 Å². The lowest BCUT2D eigenvalue weighted by atomic mass is 9.91. The van der Waals surface area contributed by atoms with E-state index in [-0.39, 0.29) is 17.4 Å². The Morgan fingerprint density at radius 3 is 1.91 bits per heavy atom. The van der Waals surface area contributed by atoms with Gasteiger partial charge in [-0.05, 0) is 98.4 Å². The zero-order valence-electron chi connectivity index (χ0n) is 19.0. The van der Waals surface area contributed by atoms with Crippen LogP contribution < -0.4 is 9.47 Å². The Morgan fingerprint density at radius 2 is 1.34 bits per heavy atom. The molecule has 0 aliphatic rings. The lowest BCUT2D eigenvalue weighted by molar-refractivity contribution is 0.104. The molecule has 0 N–H and O–H groups in total. The van der Waals surface area contributed by atoms with Crippen LogP contribution >= 0.6 is 15.9 Å². The number of rotatable bonds is 7. The molecule has 4 rings (SSSR count). The number of benzene rings is 4. The van der Waals surface area contributed by atoms with E-state index in [4.69, 9.17) is 9.47 Å². The molecule has 0 saturated heterocycles. The quantitative estimate of drug-likeness (QED) is 0.178.